The quantitative estimate of drug-likeness (QED) is 0.678. The van der Waals surface area contributed by atoms with E-state index in [1.807, 2.05) is 7.05 Å². The normalized spacial score (nSPS) is 9.62. The molecular weight excluding hydrogens is 166 g/mol. The second-order valence-corrected chi connectivity index (χ2v) is 2.48. The molecule has 4 heteroatoms. The molecule has 0 bridgehead atoms. The molecule has 1 heterocycles. The minimum Gasteiger partial charge on any atom is -0.472 e. The molecule has 0 unspecified atom stereocenters. The van der Waals surface area contributed by atoms with Gasteiger partial charge in [0.05, 0.1) is 11.9 Å². The summed E-state index contributed by atoms with van der Waals surface area (Å²) in [5.41, 5.74) is 0.865. The molecule has 0 aliphatic carbocycles. The van der Waals surface area contributed by atoms with Crippen molar-refractivity contribution in [1.82, 2.24) is 15.3 Å². The molecule has 0 atom stereocenters. The zero-order valence-corrected chi connectivity index (χ0v) is 7.66. The molecule has 0 amide bonds. The average molecular weight is 179 g/mol. The molecule has 4 nitrogen and oxygen atoms in total. The fraction of sp³-hybridized carbons (Fsp3) is 0.333. The van der Waals surface area contributed by atoms with Crippen LogP contribution >= 0.6 is 0 Å². The van der Waals surface area contributed by atoms with Crippen molar-refractivity contribution in [3.05, 3.63) is 30.7 Å². The monoisotopic (exact) mass is 179 g/mol. The van der Waals surface area contributed by atoms with Crippen LogP contribution in [0.3, 0.4) is 0 Å². The number of rotatable bonds is 5. The summed E-state index contributed by atoms with van der Waals surface area (Å²) in [6.45, 7) is 4.70. The van der Waals surface area contributed by atoms with Gasteiger partial charge < -0.3 is 10.1 Å². The van der Waals surface area contributed by atoms with Crippen molar-refractivity contribution >= 4 is 0 Å². The van der Waals surface area contributed by atoms with E-state index >= 15 is 0 Å². The van der Waals surface area contributed by atoms with Crippen molar-refractivity contribution in [3.63, 3.8) is 0 Å². The van der Waals surface area contributed by atoms with E-state index in [0.29, 0.717) is 19.0 Å². The Morgan fingerprint density at radius 1 is 1.62 bits per heavy atom. The van der Waals surface area contributed by atoms with E-state index in [0.717, 1.165) is 5.69 Å². The minimum absolute atomic E-state index is 0.456. The highest BCUT2D eigenvalue weighted by atomic mass is 16.5. The maximum absolute atomic E-state index is 5.22. The summed E-state index contributed by atoms with van der Waals surface area (Å²) >= 11 is 0. The zero-order chi connectivity index (χ0) is 9.52. The second kappa shape index (κ2) is 5.27. The first kappa shape index (κ1) is 9.67. The maximum Gasteiger partial charge on any atom is 0.232 e. The molecule has 0 aromatic carbocycles. The number of nitrogens with zero attached hydrogens (tertiary/aromatic N) is 2. The van der Waals surface area contributed by atoms with Gasteiger partial charge in [0, 0.05) is 12.7 Å². The number of hydrogen-bond acceptors (Lipinski definition) is 4. The van der Waals surface area contributed by atoms with Gasteiger partial charge in [-0.05, 0) is 7.05 Å². The first-order valence-electron chi connectivity index (χ1n) is 4.06. The number of ether oxygens (including phenoxy) is 1. The van der Waals surface area contributed by atoms with Crippen LogP contribution in [0, 0.1) is 0 Å². The van der Waals surface area contributed by atoms with Crippen LogP contribution in [0.2, 0.25) is 0 Å². The molecule has 1 aromatic rings. The van der Waals surface area contributed by atoms with Crippen LogP contribution in [-0.4, -0.2) is 23.6 Å². The van der Waals surface area contributed by atoms with Crippen LogP contribution in [0.4, 0.5) is 0 Å². The molecule has 0 aliphatic heterocycles. The smallest absolute Gasteiger partial charge is 0.232 e. The molecule has 13 heavy (non-hydrogen) atoms. The summed E-state index contributed by atoms with van der Waals surface area (Å²) in [5.74, 6) is 0.535. The number of aromatic nitrogens is 2. The number of nitrogens with one attached hydrogen (secondary N) is 1. The Kier molecular flexibility index (Phi) is 3.92. The van der Waals surface area contributed by atoms with Gasteiger partial charge >= 0.3 is 0 Å². The van der Waals surface area contributed by atoms with Crippen LogP contribution in [0.1, 0.15) is 5.69 Å². The third-order valence-corrected chi connectivity index (χ3v) is 1.37. The highest BCUT2D eigenvalue weighted by Crippen LogP contribution is 2.04. The summed E-state index contributed by atoms with van der Waals surface area (Å²) in [4.78, 5) is 8.20. The Balaban J connectivity index is 2.61. The second-order valence-electron chi connectivity index (χ2n) is 2.48. The summed E-state index contributed by atoms with van der Waals surface area (Å²) in [5, 5.41) is 2.99. The van der Waals surface area contributed by atoms with Gasteiger partial charge in [-0.25, -0.2) is 4.98 Å². The molecule has 0 spiro atoms. The molecule has 0 radical (unpaired) electrons. The van der Waals surface area contributed by atoms with Crippen LogP contribution < -0.4 is 10.1 Å². The molecular formula is C9H13N3O. The van der Waals surface area contributed by atoms with E-state index in [1.165, 1.54) is 0 Å². The van der Waals surface area contributed by atoms with E-state index in [4.69, 9.17) is 4.74 Å². The van der Waals surface area contributed by atoms with Crippen LogP contribution in [0.15, 0.2) is 25.0 Å². The molecule has 0 saturated heterocycles. The lowest BCUT2D eigenvalue weighted by molar-refractivity contribution is 0.345. The third kappa shape index (κ3) is 3.21. The standard InChI is InChI=1S/C9H13N3O/c1-3-4-13-9-7-11-6-8(12-9)5-10-2/h3,6-7,10H,1,4-5H2,2H3. The molecule has 1 rings (SSSR count). The van der Waals surface area contributed by atoms with E-state index in [2.05, 4.69) is 21.9 Å². The largest absolute Gasteiger partial charge is 0.472 e. The maximum atomic E-state index is 5.22. The fourth-order valence-electron chi connectivity index (χ4n) is 0.866. The van der Waals surface area contributed by atoms with Gasteiger partial charge in [0.25, 0.3) is 0 Å². The van der Waals surface area contributed by atoms with Crippen molar-refractivity contribution in [2.24, 2.45) is 0 Å². The highest BCUT2D eigenvalue weighted by Gasteiger charge is 1.97. The molecule has 0 saturated carbocycles. The Morgan fingerprint density at radius 3 is 3.15 bits per heavy atom. The first-order chi connectivity index (χ1) is 6.36. The van der Waals surface area contributed by atoms with Crippen molar-refractivity contribution in [3.8, 4) is 5.88 Å². The molecule has 1 aromatic heterocycles. The van der Waals surface area contributed by atoms with Crippen molar-refractivity contribution < 1.29 is 4.74 Å². The Bertz CT molecular complexity index is 275. The van der Waals surface area contributed by atoms with Crippen molar-refractivity contribution in [2.45, 2.75) is 6.54 Å². The molecule has 0 aliphatic rings. The summed E-state index contributed by atoms with van der Waals surface area (Å²) < 4.78 is 5.22. The van der Waals surface area contributed by atoms with E-state index in [-0.39, 0.29) is 0 Å². The van der Waals surface area contributed by atoms with Crippen molar-refractivity contribution in [1.29, 1.82) is 0 Å². The van der Waals surface area contributed by atoms with E-state index < -0.39 is 0 Å². The van der Waals surface area contributed by atoms with Gasteiger partial charge in [-0.1, -0.05) is 12.7 Å². The average Bonchev–Trinajstić information content (AvgIpc) is 2.16. The SMILES string of the molecule is C=CCOc1cncc(CNC)n1. The van der Waals surface area contributed by atoms with Crippen LogP contribution in [0.25, 0.3) is 0 Å². The molecule has 70 valence electrons. The topological polar surface area (TPSA) is 47.0 Å². The van der Waals surface area contributed by atoms with Gasteiger partial charge in [-0.15, -0.1) is 0 Å². The van der Waals surface area contributed by atoms with Gasteiger partial charge in [0.2, 0.25) is 5.88 Å². The van der Waals surface area contributed by atoms with Gasteiger partial charge in [0.15, 0.2) is 0 Å². The Morgan fingerprint density at radius 2 is 2.46 bits per heavy atom. The third-order valence-electron chi connectivity index (χ3n) is 1.37. The zero-order valence-electron chi connectivity index (χ0n) is 7.66. The lowest BCUT2D eigenvalue weighted by Gasteiger charge is -2.03. The summed E-state index contributed by atoms with van der Waals surface area (Å²) in [6.07, 6.45) is 4.96. The minimum atomic E-state index is 0.456. The van der Waals surface area contributed by atoms with Crippen LogP contribution in [-0.2, 0) is 6.54 Å². The lowest BCUT2D eigenvalue weighted by atomic mass is 10.4. The first-order valence-corrected chi connectivity index (χ1v) is 4.06. The predicted molar refractivity (Wildman–Crippen MR) is 50.5 cm³/mol. The predicted octanol–water partition coefficient (Wildman–Crippen LogP) is 0.761. The Labute approximate surface area is 77.7 Å². The highest BCUT2D eigenvalue weighted by molar-refractivity contribution is 5.08. The van der Waals surface area contributed by atoms with E-state index in [1.54, 1.807) is 18.5 Å². The number of hydrogen-bond donors (Lipinski definition) is 1. The lowest BCUT2D eigenvalue weighted by Crippen LogP contribution is -2.08. The molecule has 1 N–H and O–H groups in total. The van der Waals surface area contributed by atoms with E-state index in [9.17, 15) is 0 Å². The van der Waals surface area contributed by atoms with Crippen LogP contribution in [0.5, 0.6) is 5.88 Å². The molecule has 0 fully saturated rings. The van der Waals surface area contributed by atoms with Gasteiger partial charge in [-0.2, -0.15) is 0 Å². The summed E-state index contributed by atoms with van der Waals surface area (Å²) in [7, 11) is 1.86. The van der Waals surface area contributed by atoms with Gasteiger partial charge in [0.1, 0.15) is 6.61 Å². The fourth-order valence-corrected chi connectivity index (χ4v) is 0.866. The van der Waals surface area contributed by atoms with Gasteiger partial charge in [-0.3, -0.25) is 4.98 Å². The van der Waals surface area contributed by atoms with Crippen molar-refractivity contribution in [2.75, 3.05) is 13.7 Å². The Hall–Kier alpha value is -1.42. The summed E-state index contributed by atoms with van der Waals surface area (Å²) in [6, 6.07) is 0.